The Labute approximate surface area is 159 Å². The Hall–Kier alpha value is -3.13. The van der Waals surface area contributed by atoms with Gasteiger partial charge in [0.1, 0.15) is 5.65 Å². The van der Waals surface area contributed by atoms with Gasteiger partial charge in [-0.1, -0.05) is 54.6 Å². The highest BCUT2D eigenvalue weighted by Crippen LogP contribution is 2.35. The Morgan fingerprint density at radius 1 is 0.667 bits per heavy atom. The van der Waals surface area contributed by atoms with E-state index in [0.29, 0.717) is 0 Å². The molecule has 2 nitrogen and oxygen atoms in total. The first-order valence-electron chi connectivity index (χ1n) is 9.42. The van der Waals surface area contributed by atoms with E-state index >= 15 is 0 Å². The number of fused-ring (bicyclic) bond motifs is 6. The monoisotopic (exact) mass is 350 g/mol. The van der Waals surface area contributed by atoms with Gasteiger partial charge in [-0.3, -0.25) is 4.40 Å². The van der Waals surface area contributed by atoms with Gasteiger partial charge in [0.15, 0.2) is 0 Å². The predicted octanol–water partition coefficient (Wildman–Crippen LogP) is 6.54. The van der Waals surface area contributed by atoms with Crippen molar-refractivity contribution in [1.82, 2.24) is 9.38 Å². The molecule has 0 aliphatic carbocycles. The van der Waals surface area contributed by atoms with E-state index in [1.807, 2.05) is 0 Å². The maximum atomic E-state index is 5.13. The molecule has 0 fully saturated rings. The van der Waals surface area contributed by atoms with Crippen molar-refractivity contribution in [2.75, 3.05) is 0 Å². The SMILES string of the molecule is Cc1cccc(C)c1-c1cn2c(n1)c1cccc(C)c1c1cccc(C)c12. The molecule has 5 aromatic rings. The minimum atomic E-state index is 1.04. The molecular weight excluding hydrogens is 328 g/mol. The van der Waals surface area contributed by atoms with Crippen molar-refractivity contribution < 1.29 is 0 Å². The summed E-state index contributed by atoms with van der Waals surface area (Å²) in [5.74, 6) is 0. The molecule has 132 valence electrons. The van der Waals surface area contributed by atoms with Crippen LogP contribution < -0.4 is 0 Å². The van der Waals surface area contributed by atoms with E-state index in [9.17, 15) is 0 Å². The van der Waals surface area contributed by atoms with Gasteiger partial charge in [0, 0.05) is 22.5 Å². The molecule has 0 saturated carbocycles. The number of hydrogen-bond acceptors (Lipinski definition) is 1. The van der Waals surface area contributed by atoms with Gasteiger partial charge in [-0.2, -0.15) is 0 Å². The van der Waals surface area contributed by atoms with Crippen LogP contribution in [-0.2, 0) is 0 Å². The average molecular weight is 350 g/mol. The number of imidazole rings is 1. The van der Waals surface area contributed by atoms with Crippen LogP contribution in [0.3, 0.4) is 0 Å². The lowest BCUT2D eigenvalue weighted by atomic mass is 10.00. The fraction of sp³-hybridized carbons (Fsp3) is 0.160. The molecule has 3 aromatic carbocycles. The van der Waals surface area contributed by atoms with E-state index in [1.165, 1.54) is 49.5 Å². The molecule has 0 aliphatic heterocycles. The molecule has 27 heavy (non-hydrogen) atoms. The van der Waals surface area contributed by atoms with Gasteiger partial charge in [0.2, 0.25) is 0 Å². The Kier molecular flexibility index (Phi) is 3.38. The molecule has 0 spiro atoms. The third-order valence-electron chi connectivity index (χ3n) is 5.70. The average Bonchev–Trinajstić information content (AvgIpc) is 3.06. The number of hydrogen-bond donors (Lipinski definition) is 0. The summed E-state index contributed by atoms with van der Waals surface area (Å²) < 4.78 is 2.29. The largest absolute Gasteiger partial charge is 0.298 e. The third kappa shape index (κ3) is 2.23. The van der Waals surface area contributed by atoms with Gasteiger partial charge in [-0.25, -0.2) is 4.98 Å². The highest BCUT2D eigenvalue weighted by molar-refractivity contribution is 6.14. The fourth-order valence-electron chi connectivity index (χ4n) is 4.47. The summed E-state index contributed by atoms with van der Waals surface area (Å²) in [6.45, 7) is 8.70. The Morgan fingerprint density at radius 2 is 1.26 bits per heavy atom. The summed E-state index contributed by atoms with van der Waals surface area (Å²) >= 11 is 0. The van der Waals surface area contributed by atoms with Crippen LogP contribution in [0.2, 0.25) is 0 Å². The molecular formula is C25H22N2. The second-order valence-electron chi connectivity index (χ2n) is 7.56. The molecule has 2 aromatic heterocycles. The van der Waals surface area contributed by atoms with Crippen LogP contribution in [0.5, 0.6) is 0 Å². The summed E-state index contributed by atoms with van der Waals surface area (Å²) in [5, 5.41) is 3.81. The minimum absolute atomic E-state index is 1.04. The van der Waals surface area contributed by atoms with Crippen LogP contribution >= 0.6 is 0 Å². The van der Waals surface area contributed by atoms with Crippen molar-refractivity contribution >= 4 is 27.3 Å². The lowest BCUT2D eigenvalue weighted by molar-refractivity contribution is 1.25. The van der Waals surface area contributed by atoms with Crippen molar-refractivity contribution in [2.24, 2.45) is 0 Å². The summed E-state index contributed by atoms with van der Waals surface area (Å²) in [5.41, 5.74) is 9.66. The highest BCUT2D eigenvalue weighted by atomic mass is 15.0. The summed E-state index contributed by atoms with van der Waals surface area (Å²) in [6.07, 6.45) is 2.21. The smallest absolute Gasteiger partial charge is 0.145 e. The number of nitrogens with zero attached hydrogens (tertiary/aromatic N) is 2. The lowest BCUT2D eigenvalue weighted by Crippen LogP contribution is -1.94. The molecule has 0 radical (unpaired) electrons. The van der Waals surface area contributed by atoms with Crippen LogP contribution in [0.25, 0.3) is 38.6 Å². The zero-order chi connectivity index (χ0) is 18.7. The molecule has 0 amide bonds. The van der Waals surface area contributed by atoms with Gasteiger partial charge < -0.3 is 0 Å². The van der Waals surface area contributed by atoms with Crippen molar-refractivity contribution in [2.45, 2.75) is 27.7 Å². The number of aryl methyl sites for hydroxylation is 4. The topological polar surface area (TPSA) is 17.3 Å². The van der Waals surface area contributed by atoms with Crippen molar-refractivity contribution in [1.29, 1.82) is 0 Å². The van der Waals surface area contributed by atoms with Crippen LogP contribution in [0.4, 0.5) is 0 Å². The van der Waals surface area contributed by atoms with Crippen LogP contribution in [-0.4, -0.2) is 9.38 Å². The predicted molar refractivity (Wildman–Crippen MR) is 115 cm³/mol. The van der Waals surface area contributed by atoms with Gasteiger partial charge in [-0.05, 0) is 55.3 Å². The van der Waals surface area contributed by atoms with Gasteiger partial charge in [-0.15, -0.1) is 0 Å². The first-order chi connectivity index (χ1) is 13.1. The summed E-state index contributed by atoms with van der Waals surface area (Å²) in [7, 11) is 0. The molecule has 0 N–H and O–H groups in total. The molecule has 0 atom stereocenters. The number of rotatable bonds is 1. The van der Waals surface area contributed by atoms with Crippen molar-refractivity contribution in [3.05, 3.63) is 83.0 Å². The van der Waals surface area contributed by atoms with E-state index < -0.39 is 0 Å². The second-order valence-corrected chi connectivity index (χ2v) is 7.56. The Morgan fingerprint density at radius 3 is 2.00 bits per heavy atom. The summed E-state index contributed by atoms with van der Waals surface area (Å²) in [6, 6.07) is 19.5. The van der Waals surface area contributed by atoms with E-state index in [-0.39, 0.29) is 0 Å². The molecule has 2 heterocycles. The minimum Gasteiger partial charge on any atom is -0.298 e. The van der Waals surface area contributed by atoms with E-state index in [1.54, 1.807) is 0 Å². The number of benzene rings is 3. The standard InChI is InChI=1S/C25H22N2/c1-15-8-5-9-16(2)22(15)21-14-27-24-18(4)11-7-12-19(24)23-17(3)10-6-13-20(23)25(27)26-21/h5-14H,1-4H3. The highest BCUT2D eigenvalue weighted by Gasteiger charge is 2.16. The summed E-state index contributed by atoms with van der Waals surface area (Å²) in [4.78, 5) is 5.13. The molecule has 0 aliphatic rings. The normalized spacial score (nSPS) is 11.7. The Balaban J connectivity index is 2.03. The van der Waals surface area contributed by atoms with Crippen LogP contribution in [0.15, 0.2) is 60.8 Å². The maximum Gasteiger partial charge on any atom is 0.145 e. The first-order valence-corrected chi connectivity index (χ1v) is 9.42. The zero-order valence-electron chi connectivity index (χ0n) is 16.2. The van der Waals surface area contributed by atoms with Gasteiger partial charge in [0.25, 0.3) is 0 Å². The fourth-order valence-corrected chi connectivity index (χ4v) is 4.47. The second kappa shape index (κ2) is 5.68. The quantitative estimate of drug-likeness (QED) is 0.314. The maximum absolute atomic E-state index is 5.13. The number of pyridine rings is 1. The van der Waals surface area contributed by atoms with Crippen LogP contribution in [0, 0.1) is 27.7 Å². The van der Waals surface area contributed by atoms with E-state index in [2.05, 4.69) is 92.9 Å². The molecule has 0 saturated heterocycles. The molecule has 5 rings (SSSR count). The van der Waals surface area contributed by atoms with Gasteiger partial charge in [0.05, 0.1) is 11.2 Å². The molecule has 2 heteroatoms. The van der Waals surface area contributed by atoms with Crippen molar-refractivity contribution in [3.8, 4) is 11.3 Å². The van der Waals surface area contributed by atoms with E-state index in [0.717, 1.165) is 11.3 Å². The van der Waals surface area contributed by atoms with Crippen molar-refractivity contribution in [3.63, 3.8) is 0 Å². The van der Waals surface area contributed by atoms with Gasteiger partial charge >= 0.3 is 0 Å². The third-order valence-corrected chi connectivity index (χ3v) is 5.70. The number of aromatic nitrogens is 2. The number of para-hydroxylation sites is 1. The first kappa shape index (κ1) is 16.1. The Bertz CT molecular complexity index is 1340. The molecule has 0 unspecified atom stereocenters. The lowest BCUT2D eigenvalue weighted by Gasteiger charge is -2.12. The van der Waals surface area contributed by atoms with E-state index in [4.69, 9.17) is 4.98 Å². The molecule has 0 bridgehead atoms. The van der Waals surface area contributed by atoms with Crippen LogP contribution in [0.1, 0.15) is 22.3 Å². The zero-order valence-corrected chi connectivity index (χ0v) is 16.2.